The molecule has 0 aliphatic carbocycles. The third-order valence-electron chi connectivity index (χ3n) is 8.23. The summed E-state index contributed by atoms with van der Waals surface area (Å²) < 4.78 is 0. The van der Waals surface area contributed by atoms with Gasteiger partial charge in [-0.1, -0.05) is 66.2 Å². The lowest BCUT2D eigenvalue weighted by atomic mass is 9.93. The average molecular weight is 521 g/mol. The molecule has 1 fully saturated rings. The third-order valence-corrected chi connectivity index (χ3v) is 8.23. The normalized spacial score (nSPS) is 17.6. The number of primary amides is 1. The highest BCUT2D eigenvalue weighted by molar-refractivity contribution is 6.02. The molecule has 2 aliphatic rings. The number of aryl methyl sites for hydroxylation is 1. The molecule has 4 aromatic rings. The van der Waals surface area contributed by atoms with Crippen molar-refractivity contribution in [3.05, 3.63) is 95.1 Å². The fourth-order valence-electron chi connectivity index (χ4n) is 6.10. The fraction of sp³-hybridized carbons (Fsp3) is 0.281. The number of H-pyrrole nitrogens is 1. The molecule has 3 amide bonds. The maximum absolute atomic E-state index is 13.8. The first kappa shape index (κ1) is 24.9. The Hall–Kier alpha value is -4.39. The molecule has 3 N–H and O–H groups in total. The Morgan fingerprint density at radius 3 is 2.38 bits per heavy atom. The van der Waals surface area contributed by atoms with Gasteiger partial charge in [0.25, 0.3) is 5.91 Å². The van der Waals surface area contributed by atoms with E-state index in [9.17, 15) is 14.4 Å². The van der Waals surface area contributed by atoms with Gasteiger partial charge in [0.05, 0.1) is 11.7 Å². The van der Waals surface area contributed by atoms with E-state index in [1.54, 1.807) is 4.90 Å². The van der Waals surface area contributed by atoms with Gasteiger partial charge in [-0.15, -0.1) is 0 Å². The van der Waals surface area contributed by atoms with Gasteiger partial charge in [0.15, 0.2) is 0 Å². The number of amides is 3. The fourth-order valence-corrected chi connectivity index (χ4v) is 6.10. The molecular formula is C32H32N4O3. The number of benzene rings is 3. The van der Waals surface area contributed by atoms with E-state index in [1.165, 1.54) is 5.56 Å². The first-order valence-electron chi connectivity index (χ1n) is 13.6. The van der Waals surface area contributed by atoms with E-state index in [4.69, 9.17) is 5.73 Å². The van der Waals surface area contributed by atoms with Crippen molar-refractivity contribution in [2.75, 3.05) is 19.6 Å². The van der Waals surface area contributed by atoms with Crippen LogP contribution in [-0.2, 0) is 9.59 Å². The van der Waals surface area contributed by atoms with Crippen LogP contribution in [0, 0.1) is 12.8 Å². The zero-order valence-corrected chi connectivity index (χ0v) is 22.0. The van der Waals surface area contributed by atoms with Gasteiger partial charge in [-0.2, -0.15) is 0 Å². The van der Waals surface area contributed by atoms with Gasteiger partial charge in [-0.05, 0) is 43.0 Å². The Labute approximate surface area is 227 Å². The predicted octanol–water partition coefficient (Wildman–Crippen LogP) is 4.80. The number of carbonyl (C=O) groups is 3. The number of nitrogens with zero attached hydrogens (tertiary/aromatic N) is 2. The van der Waals surface area contributed by atoms with Crippen LogP contribution in [0.4, 0.5) is 0 Å². The summed E-state index contributed by atoms with van der Waals surface area (Å²) in [6, 6.07) is 24.0. The smallest absolute Gasteiger partial charge is 0.255 e. The number of aromatic amines is 1. The molecule has 39 heavy (non-hydrogen) atoms. The second kappa shape index (κ2) is 10.1. The van der Waals surface area contributed by atoms with E-state index < -0.39 is 0 Å². The number of aromatic nitrogens is 1. The number of para-hydroxylation sites is 1. The van der Waals surface area contributed by atoms with Gasteiger partial charge >= 0.3 is 0 Å². The second-order valence-electron chi connectivity index (χ2n) is 10.6. The minimum absolute atomic E-state index is 0.00175. The third kappa shape index (κ3) is 4.48. The molecule has 1 aromatic heterocycles. The van der Waals surface area contributed by atoms with Crippen molar-refractivity contribution in [2.24, 2.45) is 11.7 Å². The number of carbonyl (C=O) groups excluding carboxylic acids is 3. The molecular weight excluding hydrogens is 488 g/mol. The quantitative estimate of drug-likeness (QED) is 0.382. The molecule has 2 aliphatic heterocycles. The SMILES string of the molecule is Cc1ccc(-c2[nH]c3ccccc3c2[C@@H]2c3ccccc3C(=O)N2CCC(=O)N2CCC(C(N)=O)CC2)cc1. The lowest BCUT2D eigenvalue weighted by Crippen LogP contribution is -2.43. The van der Waals surface area contributed by atoms with Crippen molar-refractivity contribution in [3.63, 3.8) is 0 Å². The largest absolute Gasteiger partial charge is 0.369 e. The van der Waals surface area contributed by atoms with Gasteiger partial charge in [0, 0.05) is 54.0 Å². The summed E-state index contributed by atoms with van der Waals surface area (Å²) in [6.07, 6.45) is 1.40. The standard InChI is InChI=1S/C32H32N4O3/c1-20-10-12-21(13-11-20)29-28(25-8-4-5-9-26(25)34-29)30-23-6-2-3-7-24(23)32(39)36(30)19-16-27(37)35-17-14-22(15-18-35)31(33)38/h2-13,22,30,34H,14-19H2,1H3,(H2,33,38)/t30-/m0/s1. The van der Waals surface area contributed by atoms with Crippen LogP contribution in [0.3, 0.4) is 0 Å². The van der Waals surface area contributed by atoms with Crippen LogP contribution in [0.25, 0.3) is 22.2 Å². The van der Waals surface area contributed by atoms with Crippen LogP contribution in [0.2, 0.25) is 0 Å². The van der Waals surface area contributed by atoms with Crippen molar-refractivity contribution in [2.45, 2.75) is 32.2 Å². The Bertz CT molecular complexity index is 1560. The minimum Gasteiger partial charge on any atom is -0.369 e. The van der Waals surface area contributed by atoms with Crippen molar-refractivity contribution >= 4 is 28.6 Å². The molecule has 7 heteroatoms. The summed E-state index contributed by atoms with van der Waals surface area (Å²) in [4.78, 5) is 45.8. The Morgan fingerprint density at radius 2 is 1.64 bits per heavy atom. The number of fused-ring (bicyclic) bond motifs is 2. The van der Waals surface area contributed by atoms with Crippen LogP contribution in [0.1, 0.15) is 52.4 Å². The molecule has 0 unspecified atom stereocenters. The summed E-state index contributed by atoms with van der Waals surface area (Å²) >= 11 is 0. The van der Waals surface area contributed by atoms with Gasteiger partial charge in [0.1, 0.15) is 0 Å². The number of hydrogen-bond donors (Lipinski definition) is 2. The summed E-state index contributed by atoms with van der Waals surface area (Å²) in [7, 11) is 0. The molecule has 0 radical (unpaired) electrons. The van der Waals surface area contributed by atoms with Gasteiger partial charge in [-0.3, -0.25) is 14.4 Å². The maximum atomic E-state index is 13.8. The maximum Gasteiger partial charge on any atom is 0.255 e. The summed E-state index contributed by atoms with van der Waals surface area (Å²) in [5, 5.41) is 1.06. The van der Waals surface area contributed by atoms with Crippen molar-refractivity contribution in [1.82, 2.24) is 14.8 Å². The highest BCUT2D eigenvalue weighted by Gasteiger charge is 2.40. The lowest BCUT2D eigenvalue weighted by molar-refractivity contribution is -0.135. The number of likely N-dealkylation sites (tertiary alicyclic amines) is 1. The number of rotatable bonds is 6. The molecule has 1 saturated heterocycles. The Morgan fingerprint density at radius 1 is 0.949 bits per heavy atom. The number of nitrogens with two attached hydrogens (primary N) is 1. The van der Waals surface area contributed by atoms with Crippen molar-refractivity contribution < 1.29 is 14.4 Å². The van der Waals surface area contributed by atoms with Crippen LogP contribution < -0.4 is 5.73 Å². The van der Waals surface area contributed by atoms with E-state index in [0.29, 0.717) is 38.0 Å². The van der Waals surface area contributed by atoms with Crippen LogP contribution in [0.15, 0.2) is 72.8 Å². The lowest BCUT2D eigenvalue weighted by Gasteiger charge is -2.32. The van der Waals surface area contributed by atoms with Crippen molar-refractivity contribution in [1.29, 1.82) is 0 Å². The summed E-state index contributed by atoms with van der Waals surface area (Å²) in [5.41, 5.74) is 12.4. The Balaban J connectivity index is 1.36. The first-order valence-corrected chi connectivity index (χ1v) is 13.6. The molecule has 3 heterocycles. The topological polar surface area (TPSA) is 99.5 Å². The number of hydrogen-bond acceptors (Lipinski definition) is 3. The molecule has 3 aromatic carbocycles. The molecule has 6 rings (SSSR count). The predicted molar refractivity (Wildman–Crippen MR) is 151 cm³/mol. The summed E-state index contributed by atoms with van der Waals surface area (Å²) in [6.45, 7) is 3.41. The van der Waals surface area contributed by atoms with Gasteiger partial charge < -0.3 is 20.5 Å². The van der Waals surface area contributed by atoms with Gasteiger partial charge in [-0.25, -0.2) is 0 Å². The van der Waals surface area contributed by atoms with Crippen LogP contribution >= 0.6 is 0 Å². The molecule has 198 valence electrons. The second-order valence-corrected chi connectivity index (χ2v) is 10.6. The van der Waals surface area contributed by atoms with E-state index in [1.807, 2.05) is 41.3 Å². The first-order chi connectivity index (χ1) is 18.9. The molecule has 0 spiro atoms. The van der Waals surface area contributed by atoms with E-state index in [2.05, 4.69) is 48.3 Å². The number of piperidine rings is 1. The van der Waals surface area contributed by atoms with E-state index in [-0.39, 0.29) is 36.1 Å². The molecule has 0 bridgehead atoms. The highest BCUT2D eigenvalue weighted by atomic mass is 16.2. The van der Waals surface area contributed by atoms with E-state index >= 15 is 0 Å². The minimum atomic E-state index is -0.324. The Kier molecular flexibility index (Phi) is 6.43. The molecule has 0 saturated carbocycles. The monoisotopic (exact) mass is 520 g/mol. The van der Waals surface area contributed by atoms with Crippen LogP contribution in [0.5, 0.6) is 0 Å². The zero-order chi connectivity index (χ0) is 27.1. The zero-order valence-electron chi connectivity index (χ0n) is 22.0. The van der Waals surface area contributed by atoms with E-state index in [0.717, 1.165) is 33.3 Å². The van der Waals surface area contributed by atoms with Gasteiger partial charge in [0.2, 0.25) is 11.8 Å². The summed E-state index contributed by atoms with van der Waals surface area (Å²) in [5.74, 6) is -0.530. The van der Waals surface area contributed by atoms with Crippen LogP contribution in [-0.4, -0.2) is 52.1 Å². The van der Waals surface area contributed by atoms with Crippen molar-refractivity contribution in [3.8, 4) is 11.3 Å². The average Bonchev–Trinajstić information content (AvgIpc) is 3.47. The molecule has 7 nitrogen and oxygen atoms in total. The number of nitrogens with one attached hydrogen (secondary N) is 1. The molecule has 1 atom stereocenters. The highest BCUT2D eigenvalue weighted by Crippen LogP contribution is 2.45.